The Morgan fingerprint density at radius 2 is 1.74 bits per heavy atom. The van der Waals surface area contributed by atoms with E-state index >= 15 is 8.78 Å². The fraction of sp³-hybridized carbons (Fsp3) is 0.442. The Morgan fingerprint density at radius 1 is 0.986 bits per heavy atom. The maximum absolute atomic E-state index is 16.2. The summed E-state index contributed by atoms with van der Waals surface area (Å²) in [5.41, 5.74) is 7.72. The number of piperidine rings is 1. The second kappa shape index (κ2) is 20.1. The third kappa shape index (κ3) is 9.38. The highest BCUT2D eigenvalue weighted by molar-refractivity contribution is 6.34. The lowest BCUT2D eigenvalue weighted by Gasteiger charge is -2.37. The van der Waals surface area contributed by atoms with Crippen molar-refractivity contribution in [2.75, 3.05) is 51.3 Å². The van der Waals surface area contributed by atoms with Crippen LogP contribution in [0.25, 0.3) is 22.0 Å². The summed E-state index contributed by atoms with van der Waals surface area (Å²) in [5, 5.41) is 14.6. The number of carbonyl (C=O) groups excluding carboxylic acids is 4. The molecule has 5 N–H and O–H groups in total. The molecule has 5 amide bonds. The second-order valence-corrected chi connectivity index (χ2v) is 19.3. The van der Waals surface area contributed by atoms with Gasteiger partial charge in [-0.05, 0) is 99.7 Å². The molecule has 4 aromatic carbocycles. The molecule has 1 aliphatic carbocycles. The third-order valence-electron chi connectivity index (χ3n) is 15.0. The van der Waals surface area contributed by atoms with Gasteiger partial charge in [0.2, 0.25) is 17.7 Å². The largest absolute Gasteiger partial charge is 0.494 e. The van der Waals surface area contributed by atoms with E-state index in [1.165, 1.54) is 30.9 Å². The quantitative estimate of drug-likeness (QED) is 0.0820. The lowest BCUT2D eigenvalue weighted by Crippen LogP contribution is -2.49. The number of nitrogens with two attached hydrogens (primary N) is 1. The minimum atomic E-state index is -1.07. The number of amides is 5. The Hall–Kier alpha value is -6.10. The maximum Gasteiger partial charge on any atom is 0.329 e. The number of para-hydroxylation sites is 1. The summed E-state index contributed by atoms with van der Waals surface area (Å²) < 4.78 is 45.8. The van der Waals surface area contributed by atoms with Crippen molar-refractivity contribution in [3.05, 3.63) is 106 Å². The highest BCUT2D eigenvalue weighted by Gasteiger charge is 2.50. The fourth-order valence-electron chi connectivity index (χ4n) is 11.1. The van der Waals surface area contributed by atoms with Crippen molar-refractivity contribution >= 4 is 52.1 Å². The molecule has 3 aliphatic heterocycles. The van der Waals surface area contributed by atoms with Gasteiger partial charge in [0.1, 0.15) is 11.6 Å². The van der Waals surface area contributed by atoms with Crippen molar-refractivity contribution in [2.45, 2.75) is 82.3 Å². The van der Waals surface area contributed by atoms with E-state index in [4.69, 9.17) is 26.8 Å². The lowest BCUT2D eigenvalue weighted by atomic mass is 9.77. The smallest absolute Gasteiger partial charge is 0.329 e. The van der Waals surface area contributed by atoms with Crippen molar-refractivity contribution in [3.8, 4) is 22.6 Å². The number of nitrogens with one attached hydrogen (secondary N) is 3. The average Bonchev–Trinajstić information content (AvgIpc) is 3.84. The average molecular weight is 966 g/mol. The number of rotatable bonds is 15. The van der Waals surface area contributed by atoms with E-state index in [2.05, 4.69) is 32.0 Å². The number of primary amides is 1. The van der Waals surface area contributed by atoms with Gasteiger partial charge in [0.05, 0.1) is 23.2 Å². The number of ether oxygens (including phenoxy) is 2. The first-order chi connectivity index (χ1) is 33.3. The van der Waals surface area contributed by atoms with Crippen molar-refractivity contribution in [1.29, 1.82) is 0 Å². The number of aryl methyl sites for hydroxylation is 2. The fourth-order valence-corrected chi connectivity index (χ4v) is 11.4. The first kappa shape index (κ1) is 47.9. The molecule has 0 unspecified atom stereocenters. The van der Waals surface area contributed by atoms with Gasteiger partial charge in [0, 0.05) is 85.7 Å². The van der Waals surface area contributed by atoms with E-state index in [9.17, 15) is 19.2 Å². The Kier molecular flexibility index (Phi) is 14.0. The molecule has 5 aromatic rings. The van der Waals surface area contributed by atoms with E-state index in [-0.39, 0.29) is 63.4 Å². The molecule has 17 heteroatoms. The SMILES string of the molecule is COc1ccc(C(N)=O)c(-c2c(Cl)c(F)cc3c2[C@H](C)[C@@](CNC2CCC(C(=O)NCCN4CCC(CCc5cccc6c(N7CCC(=O)NC7=O)nn(C)c56)CC4)CC2)(c2ccccc2)O3)c1F. The molecular formula is C52H59ClF2N8O6. The summed E-state index contributed by atoms with van der Waals surface area (Å²) >= 11 is 6.69. The highest BCUT2D eigenvalue weighted by Crippen LogP contribution is 2.56. The molecule has 14 nitrogen and oxygen atoms in total. The van der Waals surface area contributed by atoms with Crippen LogP contribution < -0.4 is 36.1 Å². The minimum absolute atomic E-state index is 0.00594. The molecule has 69 heavy (non-hydrogen) atoms. The molecule has 1 aromatic heterocycles. The van der Waals surface area contributed by atoms with Crippen LogP contribution in [0.15, 0.2) is 66.7 Å². The zero-order valence-corrected chi connectivity index (χ0v) is 40.0. The zero-order valence-electron chi connectivity index (χ0n) is 39.2. The van der Waals surface area contributed by atoms with E-state index < -0.39 is 35.1 Å². The number of anilines is 1. The normalized spacial score (nSPS) is 22.1. The Labute approximate surface area is 405 Å². The van der Waals surface area contributed by atoms with Gasteiger partial charge in [0.15, 0.2) is 23.0 Å². The summed E-state index contributed by atoms with van der Waals surface area (Å²) in [6.45, 7) is 5.91. The number of fused-ring (bicyclic) bond motifs is 2. The van der Waals surface area contributed by atoms with Crippen LogP contribution in [-0.4, -0.2) is 90.9 Å². The van der Waals surface area contributed by atoms with Gasteiger partial charge >= 0.3 is 6.03 Å². The second-order valence-electron chi connectivity index (χ2n) is 19.0. The van der Waals surface area contributed by atoms with Crippen LogP contribution >= 0.6 is 11.6 Å². The molecule has 0 spiro atoms. The first-order valence-corrected chi connectivity index (χ1v) is 24.4. The molecule has 1 saturated carbocycles. The highest BCUT2D eigenvalue weighted by atomic mass is 35.5. The van der Waals surface area contributed by atoms with Crippen LogP contribution in [0.2, 0.25) is 5.02 Å². The Bertz CT molecular complexity index is 2770. The van der Waals surface area contributed by atoms with E-state index in [0.29, 0.717) is 36.9 Å². The molecule has 3 fully saturated rings. The van der Waals surface area contributed by atoms with Crippen LogP contribution in [0.5, 0.6) is 11.5 Å². The molecule has 0 bridgehead atoms. The van der Waals surface area contributed by atoms with E-state index in [1.54, 1.807) is 4.90 Å². The molecule has 0 radical (unpaired) electrons. The molecule has 4 heterocycles. The maximum atomic E-state index is 16.2. The topological polar surface area (TPSA) is 173 Å². The number of urea groups is 1. The van der Waals surface area contributed by atoms with Crippen LogP contribution in [0.1, 0.15) is 91.3 Å². The molecular weight excluding hydrogens is 906 g/mol. The van der Waals surface area contributed by atoms with Crippen LogP contribution in [-0.2, 0) is 28.7 Å². The van der Waals surface area contributed by atoms with E-state index in [1.807, 2.05) is 61.1 Å². The molecule has 2 saturated heterocycles. The van der Waals surface area contributed by atoms with Crippen molar-refractivity contribution in [2.24, 2.45) is 24.6 Å². The lowest BCUT2D eigenvalue weighted by molar-refractivity contribution is -0.126. The van der Waals surface area contributed by atoms with Gasteiger partial charge < -0.3 is 30.7 Å². The molecule has 2 atom stereocenters. The number of methoxy groups -OCH3 is 1. The Morgan fingerprint density at radius 3 is 2.45 bits per heavy atom. The number of aromatic nitrogens is 2. The first-order valence-electron chi connectivity index (χ1n) is 24.0. The number of nitrogens with zero attached hydrogens (tertiary/aromatic N) is 4. The van der Waals surface area contributed by atoms with Gasteiger partial charge in [-0.1, -0.05) is 61.0 Å². The minimum Gasteiger partial charge on any atom is -0.494 e. The molecule has 9 rings (SSSR count). The van der Waals surface area contributed by atoms with Crippen molar-refractivity contribution < 1.29 is 37.4 Å². The summed E-state index contributed by atoms with van der Waals surface area (Å²) in [6, 6.07) is 19.2. The molecule has 4 aliphatic rings. The summed E-state index contributed by atoms with van der Waals surface area (Å²) in [6.07, 6.45) is 7.37. The zero-order chi connectivity index (χ0) is 48.6. The molecule has 364 valence electrons. The van der Waals surface area contributed by atoms with Crippen LogP contribution in [0.3, 0.4) is 0 Å². The monoisotopic (exact) mass is 964 g/mol. The van der Waals surface area contributed by atoms with Gasteiger partial charge in [-0.25, -0.2) is 13.6 Å². The van der Waals surface area contributed by atoms with Crippen LogP contribution in [0.4, 0.5) is 19.4 Å². The Balaban J connectivity index is 0.766. The number of hydrogen-bond donors (Lipinski definition) is 4. The van der Waals surface area contributed by atoms with E-state index in [0.717, 1.165) is 87.5 Å². The summed E-state index contributed by atoms with van der Waals surface area (Å²) in [4.78, 5) is 54.4. The van der Waals surface area contributed by atoms with Crippen LogP contribution in [0, 0.1) is 23.5 Å². The number of likely N-dealkylation sites (tertiary alicyclic amines) is 1. The standard InChI is InChI=1S/C52H59ClF2N8O6/c1-30-42-40(28-38(54)45(53)44(42)43-36(48(56)65)18-19-39(68-3)46(43)55)69-52(30,34-9-5-4-6-10-34)29-58-35-16-14-33(15-17-35)50(66)57-23-27-62-24-20-31(21-25-62)12-13-32-8-7-11-37-47(32)61(2)60-49(37)63-26-22-41(64)59-51(63)67/h4-11,18-19,28,30-31,33,35,58H,12-17,20-27,29H2,1-3H3,(H2,56,65)(H,57,66)(H,59,64,67)/t30-,33?,35?,52-/m0/s1. The van der Waals surface area contributed by atoms with Gasteiger partial charge in [-0.15, -0.1) is 0 Å². The number of carbonyl (C=O) groups is 4. The van der Waals surface area contributed by atoms with Gasteiger partial charge in [-0.3, -0.25) is 29.3 Å². The number of halogens is 3. The predicted molar refractivity (Wildman–Crippen MR) is 259 cm³/mol. The van der Waals surface area contributed by atoms with Gasteiger partial charge in [-0.2, -0.15) is 5.10 Å². The predicted octanol–water partition coefficient (Wildman–Crippen LogP) is 7.73. The summed E-state index contributed by atoms with van der Waals surface area (Å²) in [7, 11) is 3.20. The van der Waals surface area contributed by atoms with Crippen molar-refractivity contribution in [3.63, 3.8) is 0 Å². The van der Waals surface area contributed by atoms with Gasteiger partial charge in [0.25, 0.3) is 0 Å². The third-order valence-corrected chi connectivity index (χ3v) is 15.4. The number of imide groups is 1. The number of hydrogen-bond acceptors (Lipinski definition) is 9. The number of benzene rings is 4. The summed E-state index contributed by atoms with van der Waals surface area (Å²) in [5.74, 6) is -2.22. The van der Waals surface area contributed by atoms with Crippen molar-refractivity contribution in [1.82, 2.24) is 30.6 Å².